The molecule has 2 N–H and O–H groups in total. The lowest BCUT2D eigenvalue weighted by Crippen LogP contribution is -2.20. The van der Waals surface area contributed by atoms with Crippen molar-refractivity contribution in [2.24, 2.45) is 0 Å². The van der Waals surface area contributed by atoms with Crippen LogP contribution in [-0.2, 0) is 0 Å². The standard InChI is InChI=1S/C24H16N2O6/c27-22(15-8-9-20-21(11-15)31-13-30-20)25-16-5-3-6-17(12-16)26-23(28)18-10-14-4-1-2-7-19(14)32-24(18)29/h1-12H,13H2,(H,25,27)(H,26,28). The average Bonchev–Trinajstić information content (AvgIpc) is 3.26. The first-order valence-electron chi connectivity index (χ1n) is 9.72. The largest absolute Gasteiger partial charge is 0.454 e. The summed E-state index contributed by atoms with van der Waals surface area (Å²) >= 11 is 0. The average molecular weight is 428 g/mol. The van der Waals surface area contributed by atoms with Gasteiger partial charge in [-0.2, -0.15) is 0 Å². The van der Waals surface area contributed by atoms with Crippen LogP contribution < -0.4 is 25.7 Å². The third kappa shape index (κ3) is 3.77. The van der Waals surface area contributed by atoms with Crippen molar-refractivity contribution in [2.45, 2.75) is 0 Å². The fourth-order valence-corrected chi connectivity index (χ4v) is 3.33. The van der Waals surface area contributed by atoms with Crippen molar-refractivity contribution in [2.75, 3.05) is 17.4 Å². The van der Waals surface area contributed by atoms with E-state index in [0.717, 1.165) is 0 Å². The molecule has 1 aliphatic heterocycles. The first-order valence-corrected chi connectivity index (χ1v) is 9.72. The highest BCUT2D eigenvalue weighted by Crippen LogP contribution is 2.32. The Morgan fingerprint density at radius 3 is 2.34 bits per heavy atom. The molecule has 0 unspecified atom stereocenters. The Labute approximate surface area is 181 Å². The van der Waals surface area contributed by atoms with Gasteiger partial charge in [0.05, 0.1) is 0 Å². The van der Waals surface area contributed by atoms with Gasteiger partial charge in [0, 0.05) is 22.3 Å². The second kappa shape index (κ2) is 7.92. The number of hydrogen-bond donors (Lipinski definition) is 2. The smallest absolute Gasteiger partial charge is 0.349 e. The summed E-state index contributed by atoms with van der Waals surface area (Å²) in [5.41, 5.74) is 0.841. The molecule has 5 rings (SSSR count). The maximum Gasteiger partial charge on any atom is 0.349 e. The lowest BCUT2D eigenvalue weighted by Gasteiger charge is -2.09. The van der Waals surface area contributed by atoms with Crippen LogP contribution in [0.15, 0.2) is 82.0 Å². The van der Waals surface area contributed by atoms with Crippen LogP contribution in [0.5, 0.6) is 11.5 Å². The number of anilines is 2. The van der Waals surface area contributed by atoms with Gasteiger partial charge in [-0.15, -0.1) is 0 Å². The van der Waals surface area contributed by atoms with Crippen molar-refractivity contribution in [3.8, 4) is 11.5 Å². The highest BCUT2D eigenvalue weighted by Gasteiger charge is 2.17. The van der Waals surface area contributed by atoms with E-state index in [1.807, 2.05) is 0 Å². The van der Waals surface area contributed by atoms with E-state index in [1.165, 1.54) is 6.07 Å². The molecule has 158 valence electrons. The zero-order valence-corrected chi connectivity index (χ0v) is 16.6. The van der Waals surface area contributed by atoms with Crippen LogP contribution in [0.1, 0.15) is 20.7 Å². The minimum Gasteiger partial charge on any atom is -0.454 e. The molecule has 1 aliphatic rings. The molecule has 8 heteroatoms. The molecule has 8 nitrogen and oxygen atoms in total. The van der Waals surface area contributed by atoms with Gasteiger partial charge in [-0.1, -0.05) is 24.3 Å². The monoisotopic (exact) mass is 428 g/mol. The Kier molecular flexibility index (Phi) is 4.79. The van der Waals surface area contributed by atoms with Crippen molar-refractivity contribution in [3.63, 3.8) is 0 Å². The van der Waals surface area contributed by atoms with Gasteiger partial charge in [-0.3, -0.25) is 9.59 Å². The van der Waals surface area contributed by atoms with Gasteiger partial charge >= 0.3 is 5.63 Å². The minimum absolute atomic E-state index is 0.113. The molecular formula is C24H16N2O6. The zero-order valence-electron chi connectivity index (χ0n) is 16.6. The number of carbonyl (C=O) groups excluding carboxylic acids is 2. The van der Waals surface area contributed by atoms with E-state index < -0.39 is 11.5 Å². The normalized spacial score (nSPS) is 11.9. The Morgan fingerprint density at radius 1 is 0.750 bits per heavy atom. The van der Waals surface area contributed by atoms with Crippen LogP contribution in [0.2, 0.25) is 0 Å². The van der Waals surface area contributed by atoms with E-state index in [9.17, 15) is 14.4 Å². The van der Waals surface area contributed by atoms with Crippen LogP contribution in [0, 0.1) is 0 Å². The predicted molar refractivity (Wildman–Crippen MR) is 117 cm³/mol. The molecule has 0 fully saturated rings. The number of rotatable bonds is 4. The molecule has 0 saturated heterocycles. The number of carbonyl (C=O) groups is 2. The maximum absolute atomic E-state index is 12.7. The molecule has 0 saturated carbocycles. The van der Waals surface area contributed by atoms with Crippen LogP contribution in [0.25, 0.3) is 11.0 Å². The fourth-order valence-electron chi connectivity index (χ4n) is 3.33. The minimum atomic E-state index is -0.728. The van der Waals surface area contributed by atoms with Crippen LogP contribution in [-0.4, -0.2) is 18.6 Å². The molecule has 2 amide bonds. The summed E-state index contributed by atoms with van der Waals surface area (Å²) in [7, 11) is 0. The first kappa shape index (κ1) is 19.4. The third-order valence-electron chi connectivity index (χ3n) is 4.90. The summed E-state index contributed by atoms with van der Waals surface area (Å²) in [6, 6.07) is 19.9. The van der Waals surface area contributed by atoms with Gasteiger partial charge in [0.1, 0.15) is 11.1 Å². The van der Waals surface area contributed by atoms with Gasteiger partial charge in [-0.05, 0) is 48.5 Å². The molecule has 0 spiro atoms. The molecule has 0 radical (unpaired) electrons. The Bertz CT molecular complexity index is 1430. The van der Waals surface area contributed by atoms with E-state index in [1.54, 1.807) is 66.7 Å². The topological polar surface area (TPSA) is 107 Å². The number of ether oxygens (including phenoxy) is 2. The molecule has 0 aliphatic carbocycles. The lowest BCUT2D eigenvalue weighted by molar-refractivity contribution is 0.101. The van der Waals surface area contributed by atoms with Crippen LogP contribution >= 0.6 is 0 Å². The summed E-state index contributed by atoms with van der Waals surface area (Å²) in [6.45, 7) is 0.123. The summed E-state index contributed by atoms with van der Waals surface area (Å²) in [5, 5.41) is 6.08. The summed E-state index contributed by atoms with van der Waals surface area (Å²) in [5.74, 6) is 0.142. The van der Waals surface area contributed by atoms with Crippen LogP contribution in [0.3, 0.4) is 0 Å². The molecule has 1 aromatic heterocycles. The van der Waals surface area contributed by atoms with E-state index in [4.69, 9.17) is 13.9 Å². The maximum atomic E-state index is 12.7. The van der Waals surface area contributed by atoms with E-state index >= 15 is 0 Å². The Morgan fingerprint density at radius 2 is 1.50 bits per heavy atom. The molecular weight excluding hydrogens is 412 g/mol. The quantitative estimate of drug-likeness (QED) is 0.476. The molecule has 3 aromatic carbocycles. The lowest BCUT2D eigenvalue weighted by atomic mass is 10.1. The van der Waals surface area contributed by atoms with Gasteiger partial charge in [0.15, 0.2) is 11.5 Å². The molecule has 32 heavy (non-hydrogen) atoms. The van der Waals surface area contributed by atoms with E-state index in [-0.39, 0.29) is 18.3 Å². The first-order chi connectivity index (χ1) is 15.6. The van der Waals surface area contributed by atoms with Gasteiger partial charge in [0.2, 0.25) is 6.79 Å². The second-order valence-electron chi connectivity index (χ2n) is 7.04. The highest BCUT2D eigenvalue weighted by molar-refractivity contribution is 6.07. The molecule has 4 aromatic rings. The number of hydrogen-bond acceptors (Lipinski definition) is 6. The van der Waals surface area contributed by atoms with Crippen molar-refractivity contribution in [1.82, 2.24) is 0 Å². The number of benzene rings is 3. The molecule has 0 atom stereocenters. The van der Waals surface area contributed by atoms with Crippen LogP contribution in [0.4, 0.5) is 11.4 Å². The third-order valence-corrected chi connectivity index (χ3v) is 4.90. The summed E-state index contributed by atoms with van der Waals surface area (Å²) in [4.78, 5) is 37.5. The van der Waals surface area contributed by atoms with E-state index in [0.29, 0.717) is 39.4 Å². The zero-order chi connectivity index (χ0) is 22.1. The van der Waals surface area contributed by atoms with Crippen molar-refractivity contribution in [1.29, 1.82) is 0 Å². The van der Waals surface area contributed by atoms with Gasteiger partial charge in [0.25, 0.3) is 11.8 Å². The van der Waals surface area contributed by atoms with E-state index in [2.05, 4.69) is 10.6 Å². The summed E-state index contributed by atoms with van der Waals surface area (Å²) in [6.07, 6.45) is 0. The van der Waals surface area contributed by atoms with Gasteiger partial charge in [-0.25, -0.2) is 4.79 Å². The Hall–Kier alpha value is -4.59. The Balaban J connectivity index is 1.33. The van der Waals surface area contributed by atoms with Crippen molar-refractivity contribution < 1.29 is 23.5 Å². The number of fused-ring (bicyclic) bond motifs is 2. The SMILES string of the molecule is O=C(Nc1cccc(NC(=O)c2cc3ccccc3oc2=O)c1)c1ccc2c(c1)OCO2. The second-order valence-corrected chi connectivity index (χ2v) is 7.04. The highest BCUT2D eigenvalue weighted by atomic mass is 16.7. The summed E-state index contributed by atoms with van der Waals surface area (Å²) < 4.78 is 15.8. The number of para-hydroxylation sites is 1. The molecule has 2 heterocycles. The van der Waals surface area contributed by atoms with Crippen molar-refractivity contribution >= 4 is 34.2 Å². The fraction of sp³-hybridized carbons (Fsp3) is 0.0417. The predicted octanol–water partition coefficient (Wildman–Crippen LogP) is 4.03. The number of amides is 2. The van der Waals surface area contributed by atoms with Crippen molar-refractivity contribution in [3.05, 3.63) is 94.3 Å². The number of nitrogens with one attached hydrogen (secondary N) is 2. The molecule has 0 bridgehead atoms. The van der Waals surface area contributed by atoms with Gasteiger partial charge < -0.3 is 24.5 Å².